The van der Waals surface area contributed by atoms with Crippen LogP contribution in [0.5, 0.6) is 0 Å². The molecule has 4 nitrogen and oxygen atoms in total. The number of hydrogen-bond acceptors (Lipinski definition) is 2. The second-order valence-corrected chi connectivity index (χ2v) is 10.4. The molecule has 1 rings (SSSR count). The lowest BCUT2D eigenvalue weighted by Gasteiger charge is -2.54. The molecule has 138 valence electrons. The Balaban J connectivity index is 3.86. The molecule has 0 heterocycles. The second-order valence-electron chi connectivity index (χ2n) is 10.4. The first-order chi connectivity index (χ1) is 10.4. The third-order valence-electron chi connectivity index (χ3n) is 6.02. The first kappa shape index (κ1) is 20.7. The fourth-order valence-corrected chi connectivity index (χ4v) is 3.69. The van der Waals surface area contributed by atoms with Gasteiger partial charge in [-0.2, -0.15) is 0 Å². The van der Waals surface area contributed by atoms with Crippen molar-refractivity contribution in [1.29, 1.82) is 0 Å². The molecular formula is C20H34O4. The first-order valence-corrected chi connectivity index (χ1v) is 8.60. The van der Waals surface area contributed by atoms with E-state index in [9.17, 15) is 19.8 Å². The Kier molecular flexibility index (Phi) is 4.84. The van der Waals surface area contributed by atoms with Gasteiger partial charge in [0.25, 0.3) is 0 Å². The van der Waals surface area contributed by atoms with Gasteiger partial charge in [0.1, 0.15) is 0 Å². The molecule has 1 aliphatic carbocycles. The maximum atomic E-state index is 12.4. The highest BCUT2D eigenvalue weighted by atomic mass is 16.4. The largest absolute Gasteiger partial charge is 0.481 e. The van der Waals surface area contributed by atoms with Gasteiger partial charge in [0.15, 0.2) is 0 Å². The summed E-state index contributed by atoms with van der Waals surface area (Å²) in [5, 5.41) is 20.3. The van der Waals surface area contributed by atoms with E-state index in [0.29, 0.717) is 6.42 Å². The minimum absolute atomic E-state index is 0.108. The summed E-state index contributed by atoms with van der Waals surface area (Å²) in [7, 11) is 0. The minimum Gasteiger partial charge on any atom is -0.481 e. The number of allylic oxidation sites excluding steroid dienone is 1. The highest BCUT2D eigenvalue weighted by molar-refractivity contribution is 5.83. The van der Waals surface area contributed by atoms with Crippen LogP contribution in [-0.4, -0.2) is 22.2 Å². The quantitative estimate of drug-likeness (QED) is 0.696. The summed E-state index contributed by atoms with van der Waals surface area (Å²) in [5.74, 6) is -1.84. The van der Waals surface area contributed by atoms with Crippen LogP contribution in [0.15, 0.2) is 11.6 Å². The number of hydrogen-bond donors (Lipinski definition) is 2. The van der Waals surface area contributed by atoms with E-state index < -0.39 is 33.6 Å². The highest BCUT2D eigenvalue weighted by Gasteiger charge is 2.61. The predicted molar refractivity (Wildman–Crippen MR) is 95.8 cm³/mol. The number of carboxylic acids is 2. The SMILES string of the molecule is CC(C)(C)C1=CC(C(=O)O)(C(C)(C)C)CC(C(=O)O)(C(C)(C)C)C1. The number of rotatable bonds is 2. The van der Waals surface area contributed by atoms with Gasteiger partial charge in [0, 0.05) is 0 Å². The zero-order valence-electron chi connectivity index (χ0n) is 16.7. The Bertz CT molecular complexity index is 566. The molecule has 2 N–H and O–H groups in total. The van der Waals surface area contributed by atoms with Crippen molar-refractivity contribution in [3.8, 4) is 0 Å². The van der Waals surface area contributed by atoms with Gasteiger partial charge in [0.2, 0.25) is 0 Å². The number of aliphatic carboxylic acids is 2. The van der Waals surface area contributed by atoms with Gasteiger partial charge >= 0.3 is 11.9 Å². The summed E-state index contributed by atoms with van der Waals surface area (Å²) in [4.78, 5) is 24.8. The van der Waals surface area contributed by atoms with E-state index in [0.717, 1.165) is 5.57 Å². The van der Waals surface area contributed by atoms with E-state index in [4.69, 9.17) is 0 Å². The average molecular weight is 338 g/mol. The molecule has 4 heteroatoms. The van der Waals surface area contributed by atoms with Crippen LogP contribution in [0.1, 0.15) is 75.2 Å². The van der Waals surface area contributed by atoms with Crippen molar-refractivity contribution in [2.45, 2.75) is 75.2 Å². The van der Waals surface area contributed by atoms with Crippen LogP contribution < -0.4 is 0 Å². The van der Waals surface area contributed by atoms with Gasteiger partial charge < -0.3 is 10.2 Å². The van der Waals surface area contributed by atoms with Gasteiger partial charge in [-0.3, -0.25) is 9.59 Å². The Morgan fingerprint density at radius 2 is 1.33 bits per heavy atom. The number of carbonyl (C=O) groups is 2. The summed E-state index contributed by atoms with van der Waals surface area (Å²) >= 11 is 0. The Morgan fingerprint density at radius 3 is 1.58 bits per heavy atom. The van der Waals surface area contributed by atoms with Gasteiger partial charge in [-0.1, -0.05) is 74.0 Å². The van der Waals surface area contributed by atoms with E-state index in [1.54, 1.807) is 0 Å². The van der Waals surface area contributed by atoms with E-state index in [-0.39, 0.29) is 11.8 Å². The fourth-order valence-electron chi connectivity index (χ4n) is 3.69. The van der Waals surface area contributed by atoms with Crippen LogP contribution in [0.2, 0.25) is 0 Å². The van der Waals surface area contributed by atoms with Crippen molar-refractivity contribution in [3.05, 3.63) is 11.6 Å². The topological polar surface area (TPSA) is 74.6 Å². The van der Waals surface area contributed by atoms with Crippen LogP contribution in [0.4, 0.5) is 0 Å². The number of carboxylic acid groups (broad SMARTS) is 2. The molecule has 1 aliphatic rings. The summed E-state index contributed by atoms with van der Waals surface area (Å²) in [6.07, 6.45) is 2.36. The van der Waals surface area contributed by atoms with Crippen molar-refractivity contribution in [1.82, 2.24) is 0 Å². The molecule has 2 atom stereocenters. The van der Waals surface area contributed by atoms with Crippen molar-refractivity contribution in [2.24, 2.45) is 27.1 Å². The maximum Gasteiger partial charge on any atom is 0.314 e. The third-order valence-corrected chi connectivity index (χ3v) is 6.02. The molecule has 0 amide bonds. The van der Waals surface area contributed by atoms with Crippen LogP contribution in [0.3, 0.4) is 0 Å². The molecule has 0 aromatic rings. The smallest absolute Gasteiger partial charge is 0.314 e. The van der Waals surface area contributed by atoms with E-state index in [2.05, 4.69) is 0 Å². The van der Waals surface area contributed by atoms with Crippen molar-refractivity contribution < 1.29 is 19.8 Å². The Hall–Kier alpha value is -1.32. The van der Waals surface area contributed by atoms with Gasteiger partial charge in [-0.25, -0.2) is 0 Å². The molecular weight excluding hydrogens is 304 g/mol. The van der Waals surface area contributed by atoms with E-state index in [1.807, 2.05) is 68.4 Å². The fraction of sp³-hybridized carbons (Fsp3) is 0.800. The molecule has 0 aliphatic heterocycles. The first-order valence-electron chi connectivity index (χ1n) is 8.60. The van der Waals surface area contributed by atoms with Crippen LogP contribution in [-0.2, 0) is 9.59 Å². The molecule has 0 saturated carbocycles. The van der Waals surface area contributed by atoms with Crippen molar-refractivity contribution in [2.75, 3.05) is 0 Å². The monoisotopic (exact) mass is 338 g/mol. The zero-order valence-corrected chi connectivity index (χ0v) is 16.7. The lowest BCUT2D eigenvalue weighted by Crippen LogP contribution is -2.55. The molecule has 0 saturated heterocycles. The van der Waals surface area contributed by atoms with Gasteiger partial charge in [0.05, 0.1) is 10.8 Å². The molecule has 24 heavy (non-hydrogen) atoms. The minimum atomic E-state index is -1.21. The normalized spacial score (nSPS) is 29.1. The predicted octanol–water partition coefficient (Wildman–Crippen LogP) is 4.99. The van der Waals surface area contributed by atoms with Crippen LogP contribution in [0, 0.1) is 27.1 Å². The molecule has 0 radical (unpaired) electrons. The van der Waals surface area contributed by atoms with Crippen molar-refractivity contribution in [3.63, 3.8) is 0 Å². The highest BCUT2D eigenvalue weighted by Crippen LogP contribution is 2.61. The summed E-state index contributed by atoms with van der Waals surface area (Å²) in [6.45, 7) is 17.4. The zero-order chi connectivity index (χ0) is 19.4. The molecule has 0 aromatic carbocycles. The molecule has 0 spiro atoms. The lowest BCUT2D eigenvalue weighted by molar-refractivity contribution is -0.170. The molecule has 0 fully saturated rings. The maximum absolute atomic E-state index is 12.4. The third kappa shape index (κ3) is 3.12. The molecule has 2 unspecified atom stereocenters. The standard InChI is InChI=1S/C20H34O4/c1-16(2,3)13-10-19(14(21)22,17(4,5)6)12-20(11-13,15(23)24)18(7,8)9/h10H,11-12H2,1-9H3,(H,21,22)(H,23,24). The van der Waals surface area contributed by atoms with E-state index in [1.165, 1.54) is 0 Å². The molecule has 0 bridgehead atoms. The van der Waals surface area contributed by atoms with Crippen LogP contribution in [0.25, 0.3) is 0 Å². The average Bonchev–Trinajstić information content (AvgIpc) is 2.33. The van der Waals surface area contributed by atoms with Gasteiger partial charge in [-0.05, 0) is 29.1 Å². The van der Waals surface area contributed by atoms with Crippen LogP contribution >= 0.6 is 0 Å². The summed E-state index contributed by atoms with van der Waals surface area (Å²) < 4.78 is 0. The van der Waals surface area contributed by atoms with Crippen molar-refractivity contribution >= 4 is 11.9 Å². The lowest BCUT2D eigenvalue weighted by atomic mass is 9.47. The second kappa shape index (κ2) is 5.60. The summed E-state index contributed by atoms with van der Waals surface area (Å²) in [5.41, 5.74) is -2.84. The molecule has 0 aromatic heterocycles. The summed E-state index contributed by atoms with van der Waals surface area (Å²) in [6, 6.07) is 0. The van der Waals surface area contributed by atoms with E-state index >= 15 is 0 Å². The van der Waals surface area contributed by atoms with Gasteiger partial charge in [-0.15, -0.1) is 0 Å². The Morgan fingerprint density at radius 1 is 0.875 bits per heavy atom. The Labute approximate surface area is 146 Å².